The van der Waals surface area contributed by atoms with E-state index in [1.807, 2.05) is 39.8 Å². The fourth-order valence-corrected chi connectivity index (χ4v) is 4.35. The molecule has 2 aliphatic rings. The Labute approximate surface area is 161 Å². The number of aromatic nitrogens is 3. The van der Waals surface area contributed by atoms with Gasteiger partial charge in [-0.2, -0.15) is 11.8 Å². The van der Waals surface area contributed by atoms with Crippen molar-refractivity contribution in [2.75, 3.05) is 65.5 Å². The highest BCUT2D eigenvalue weighted by Gasteiger charge is 2.32. The van der Waals surface area contributed by atoms with Crippen molar-refractivity contribution in [1.82, 2.24) is 15.0 Å². The van der Waals surface area contributed by atoms with Crippen LogP contribution in [0.1, 0.15) is 0 Å². The molecule has 0 aromatic carbocycles. The molecule has 0 atom stereocenters. The number of nitrogens with zero attached hydrogens (tertiary/aromatic N) is 7. The van der Waals surface area contributed by atoms with Crippen LogP contribution in [0.4, 0.5) is 23.1 Å². The number of thioether (sulfide) groups is 1. The van der Waals surface area contributed by atoms with Crippen LogP contribution in [0.25, 0.3) is 0 Å². The third kappa shape index (κ3) is 3.75. The van der Waals surface area contributed by atoms with E-state index in [4.69, 9.17) is 0 Å². The van der Waals surface area contributed by atoms with Gasteiger partial charge in [0, 0.05) is 57.0 Å². The lowest BCUT2D eigenvalue weighted by Gasteiger charge is -2.36. The minimum Gasteiger partial charge on any atom is -0.353 e. The van der Waals surface area contributed by atoms with E-state index >= 15 is 0 Å². The van der Waals surface area contributed by atoms with Crippen molar-refractivity contribution < 1.29 is 4.92 Å². The van der Waals surface area contributed by atoms with Crippen molar-refractivity contribution in [3.05, 3.63) is 40.8 Å². The van der Waals surface area contributed by atoms with Crippen LogP contribution < -0.4 is 14.7 Å². The second-order valence-electron chi connectivity index (χ2n) is 6.39. The number of nitro groups is 1. The van der Waals surface area contributed by atoms with Crippen LogP contribution in [0.3, 0.4) is 0 Å². The van der Waals surface area contributed by atoms with Gasteiger partial charge >= 0.3 is 5.69 Å². The maximum Gasteiger partial charge on any atom is 0.353 e. The molecule has 2 aromatic heterocycles. The topological polar surface area (TPSA) is 91.5 Å². The molecule has 2 fully saturated rings. The number of pyridine rings is 1. The molecule has 4 rings (SSSR count). The molecule has 9 nitrogen and oxygen atoms in total. The van der Waals surface area contributed by atoms with Gasteiger partial charge in [-0.1, -0.05) is 6.07 Å². The summed E-state index contributed by atoms with van der Waals surface area (Å²) in [6.07, 6.45) is 3.23. The molecule has 0 unspecified atom stereocenters. The quantitative estimate of drug-likeness (QED) is 0.573. The molecule has 4 heterocycles. The summed E-state index contributed by atoms with van der Waals surface area (Å²) in [6.45, 7) is 4.35. The Bertz CT molecular complexity index is 793. The van der Waals surface area contributed by atoms with E-state index in [-0.39, 0.29) is 10.6 Å². The van der Waals surface area contributed by atoms with Crippen molar-refractivity contribution in [2.24, 2.45) is 0 Å². The monoisotopic (exact) mass is 387 g/mol. The van der Waals surface area contributed by atoms with Crippen LogP contribution in [0, 0.1) is 10.1 Å². The van der Waals surface area contributed by atoms with E-state index in [0.717, 1.165) is 43.5 Å². The maximum atomic E-state index is 11.9. The van der Waals surface area contributed by atoms with Crippen molar-refractivity contribution in [1.29, 1.82) is 0 Å². The number of hydrogen-bond donors (Lipinski definition) is 0. The predicted octanol–water partition coefficient (Wildman–Crippen LogP) is 1.66. The zero-order chi connectivity index (χ0) is 18.6. The fraction of sp³-hybridized carbons (Fsp3) is 0.471. The molecule has 0 radical (unpaired) electrons. The summed E-state index contributed by atoms with van der Waals surface area (Å²) in [5.41, 5.74) is 0.0238. The Kier molecular flexibility index (Phi) is 5.23. The first-order chi connectivity index (χ1) is 13.2. The van der Waals surface area contributed by atoms with E-state index in [0.29, 0.717) is 24.7 Å². The van der Waals surface area contributed by atoms with Crippen LogP contribution in [0.2, 0.25) is 0 Å². The molecule has 0 saturated carbocycles. The standard InChI is InChI=1S/C17H21N7O2S/c25-24(26)15-16(19-13-20-17(15)23-9-11-27-12-10-23)22-7-5-21(6-8-22)14-3-1-2-4-18-14/h1-4,13H,5-12H2. The smallest absolute Gasteiger partial charge is 0.353 e. The molecule has 27 heavy (non-hydrogen) atoms. The van der Waals surface area contributed by atoms with Gasteiger partial charge in [-0.25, -0.2) is 15.0 Å². The zero-order valence-corrected chi connectivity index (χ0v) is 15.7. The molecule has 2 aromatic rings. The van der Waals surface area contributed by atoms with Gasteiger partial charge in [-0.05, 0) is 12.1 Å². The summed E-state index contributed by atoms with van der Waals surface area (Å²) in [5, 5.41) is 11.9. The van der Waals surface area contributed by atoms with E-state index in [9.17, 15) is 10.1 Å². The van der Waals surface area contributed by atoms with Gasteiger partial charge in [0.25, 0.3) is 0 Å². The highest BCUT2D eigenvalue weighted by atomic mass is 32.2. The number of piperazine rings is 1. The minimum atomic E-state index is -0.336. The highest BCUT2D eigenvalue weighted by Crippen LogP contribution is 2.35. The van der Waals surface area contributed by atoms with Gasteiger partial charge in [0.15, 0.2) is 0 Å². The largest absolute Gasteiger partial charge is 0.353 e. The summed E-state index contributed by atoms with van der Waals surface area (Å²) in [6, 6.07) is 5.84. The highest BCUT2D eigenvalue weighted by molar-refractivity contribution is 7.99. The maximum absolute atomic E-state index is 11.9. The fourth-order valence-electron chi connectivity index (χ4n) is 3.45. The summed E-state index contributed by atoms with van der Waals surface area (Å²) in [5.74, 6) is 3.71. The molecule has 0 N–H and O–H groups in total. The first-order valence-electron chi connectivity index (χ1n) is 8.97. The molecule has 0 amide bonds. The minimum absolute atomic E-state index is 0.0238. The summed E-state index contributed by atoms with van der Waals surface area (Å²) in [4.78, 5) is 30.6. The molecule has 0 bridgehead atoms. The van der Waals surface area contributed by atoms with Crippen molar-refractivity contribution >= 4 is 34.9 Å². The molecule has 142 valence electrons. The van der Waals surface area contributed by atoms with Gasteiger partial charge in [-0.15, -0.1) is 0 Å². The van der Waals surface area contributed by atoms with Crippen molar-refractivity contribution in [2.45, 2.75) is 0 Å². The summed E-state index contributed by atoms with van der Waals surface area (Å²) < 4.78 is 0. The van der Waals surface area contributed by atoms with Gasteiger partial charge in [0.2, 0.25) is 11.6 Å². The lowest BCUT2D eigenvalue weighted by Crippen LogP contribution is -2.47. The number of anilines is 3. The third-order valence-electron chi connectivity index (χ3n) is 4.83. The first-order valence-corrected chi connectivity index (χ1v) is 10.1. The Morgan fingerprint density at radius 1 is 0.889 bits per heavy atom. The van der Waals surface area contributed by atoms with Crippen LogP contribution >= 0.6 is 11.8 Å². The van der Waals surface area contributed by atoms with Gasteiger partial charge in [0.05, 0.1) is 4.92 Å². The van der Waals surface area contributed by atoms with Crippen LogP contribution in [-0.4, -0.2) is 70.6 Å². The number of hydrogen-bond acceptors (Lipinski definition) is 9. The average Bonchev–Trinajstić information content (AvgIpc) is 2.74. The summed E-state index contributed by atoms with van der Waals surface area (Å²) in [7, 11) is 0. The molecule has 2 aliphatic heterocycles. The molecule has 0 spiro atoms. The zero-order valence-electron chi connectivity index (χ0n) is 14.9. The van der Waals surface area contributed by atoms with Crippen LogP contribution in [0.15, 0.2) is 30.7 Å². The predicted molar refractivity (Wildman–Crippen MR) is 107 cm³/mol. The molecule has 10 heteroatoms. The van der Waals surface area contributed by atoms with E-state index in [2.05, 4.69) is 19.9 Å². The Morgan fingerprint density at radius 2 is 1.52 bits per heavy atom. The first kappa shape index (κ1) is 17.8. The SMILES string of the molecule is O=[N+]([O-])c1c(N2CCSCC2)ncnc1N1CCN(c2ccccn2)CC1. The Hall–Kier alpha value is -2.62. The van der Waals surface area contributed by atoms with E-state index in [1.54, 1.807) is 6.20 Å². The van der Waals surface area contributed by atoms with E-state index in [1.165, 1.54) is 6.33 Å². The van der Waals surface area contributed by atoms with Crippen molar-refractivity contribution in [3.8, 4) is 0 Å². The van der Waals surface area contributed by atoms with Gasteiger partial charge < -0.3 is 14.7 Å². The molecule has 0 aliphatic carbocycles. The Morgan fingerprint density at radius 3 is 2.11 bits per heavy atom. The average molecular weight is 387 g/mol. The molecular formula is C17H21N7O2S. The van der Waals surface area contributed by atoms with E-state index < -0.39 is 0 Å². The number of rotatable bonds is 4. The van der Waals surface area contributed by atoms with Crippen LogP contribution in [0.5, 0.6) is 0 Å². The Balaban J connectivity index is 1.56. The lowest BCUT2D eigenvalue weighted by atomic mass is 10.2. The normalized spacial score (nSPS) is 17.9. The molecule has 2 saturated heterocycles. The van der Waals surface area contributed by atoms with Crippen molar-refractivity contribution in [3.63, 3.8) is 0 Å². The second kappa shape index (κ2) is 7.95. The third-order valence-corrected chi connectivity index (χ3v) is 5.77. The summed E-state index contributed by atoms with van der Waals surface area (Å²) >= 11 is 1.86. The van der Waals surface area contributed by atoms with Crippen LogP contribution in [-0.2, 0) is 0 Å². The van der Waals surface area contributed by atoms with Gasteiger partial charge in [0.1, 0.15) is 12.1 Å². The van der Waals surface area contributed by atoms with Gasteiger partial charge in [-0.3, -0.25) is 10.1 Å². The molecular weight excluding hydrogens is 366 g/mol. The lowest BCUT2D eigenvalue weighted by molar-refractivity contribution is -0.383. The second-order valence-corrected chi connectivity index (χ2v) is 7.61.